The molecule has 0 saturated heterocycles. The van der Waals surface area contributed by atoms with Crippen LogP contribution >= 0.6 is 12.6 Å². The van der Waals surface area contributed by atoms with Crippen molar-refractivity contribution in [2.75, 3.05) is 157 Å². The lowest BCUT2D eigenvalue weighted by Gasteiger charge is -2.27. The Morgan fingerprint density at radius 1 is 0.465 bits per heavy atom. The van der Waals surface area contributed by atoms with Gasteiger partial charge in [-0.3, -0.25) is 45.5 Å². The fraction of sp³-hybridized carbons (Fsp3) is 0.830. The third-order valence-corrected chi connectivity index (χ3v) is 11.9. The van der Waals surface area contributed by atoms with Crippen LogP contribution in [0.3, 0.4) is 0 Å². The molecular formula is C47H99N15O8S. The summed E-state index contributed by atoms with van der Waals surface area (Å²) in [6.07, 6.45) is 6.99. The Hall–Kier alpha value is -2.73. The maximum absolute atomic E-state index is 12.2. The zero-order valence-electron chi connectivity index (χ0n) is 43.0. The molecule has 71 heavy (non-hydrogen) atoms. The molecule has 0 aromatic heterocycles. The number of thiol groups is 1. The monoisotopic (exact) mass is 1030 g/mol. The lowest BCUT2D eigenvalue weighted by molar-refractivity contribution is -0.122. The average molecular weight is 1030 g/mol. The molecule has 0 fully saturated rings. The molecule has 0 bridgehead atoms. The average Bonchev–Trinajstić information content (AvgIpc) is 3.36. The van der Waals surface area contributed by atoms with E-state index in [-0.39, 0.29) is 37.2 Å². The molecule has 0 rings (SSSR count). The number of nitrogens with one attached hydrogen (secondary N) is 7. The topological polar surface area (TPSA) is 328 Å². The summed E-state index contributed by atoms with van der Waals surface area (Å²) in [4.78, 5) is 57.8. The second-order valence-electron chi connectivity index (χ2n) is 17.5. The van der Waals surface area contributed by atoms with Gasteiger partial charge < -0.3 is 73.1 Å². The van der Waals surface area contributed by atoms with E-state index in [4.69, 9.17) is 17.2 Å². The largest absolute Gasteiger partial charge is 0.379 e. The van der Waals surface area contributed by atoms with Crippen LogP contribution in [0.5, 0.6) is 0 Å². The highest BCUT2D eigenvalue weighted by molar-refractivity contribution is 7.80. The van der Waals surface area contributed by atoms with Crippen molar-refractivity contribution in [2.45, 2.75) is 95.5 Å². The van der Waals surface area contributed by atoms with E-state index in [1.807, 2.05) is 17.1 Å². The number of aliphatic hydroxyl groups is 4. The van der Waals surface area contributed by atoms with Gasteiger partial charge in [-0.25, -0.2) is 0 Å². The predicted octanol–water partition coefficient (Wildman–Crippen LogP) is -3.94. The van der Waals surface area contributed by atoms with Crippen molar-refractivity contribution in [3.05, 3.63) is 25.3 Å². The lowest BCUT2D eigenvalue weighted by Crippen LogP contribution is -2.45. The van der Waals surface area contributed by atoms with Crippen molar-refractivity contribution in [2.24, 2.45) is 17.2 Å². The van der Waals surface area contributed by atoms with E-state index in [0.29, 0.717) is 175 Å². The van der Waals surface area contributed by atoms with E-state index in [9.17, 15) is 39.6 Å². The van der Waals surface area contributed by atoms with Crippen LogP contribution in [0, 0.1) is 0 Å². The first-order chi connectivity index (χ1) is 34.3. The third-order valence-electron chi connectivity index (χ3n) is 11.5. The fourth-order valence-electron chi connectivity index (χ4n) is 7.20. The molecule has 17 N–H and O–H groups in total. The Balaban J connectivity index is 4.69. The SMILES string of the molecule is C=CCCN(CCNC(O)CCN(CS)CCC(O)NCCN(CCC=C)CC[C@@H](O)NCN(CCC(=O)NCCN)CCC(=O)NCCN)CCC(O)NCCCN(CCC=O)CCC(=O)NCCN. The predicted molar refractivity (Wildman–Crippen MR) is 286 cm³/mol. The Labute approximate surface area is 431 Å². The van der Waals surface area contributed by atoms with Gasteiger partial charge in [-0.15, -0.1) is 13.2 Å². The standard InChI is InChI=1S/C47H99N15O8S/c1-3-5-25-59(30-10-41(64)51-19-7-27-58(28-8-38-63)29-9-42(65)52-20-16-48)36-23-55-45(68)14-34-62(40-71)35-15-46(69)56-24-37-60(26-6-4-2)31-11-47(70)57-39-61(32-12-43(66)53-21-17-49)33-13-44(67)54-22-18-50/h3-4,38,41,45-47,51,55-57,64,68-71H,1-2,5-37,39-40,48-50H2,(H,52,65)(H,53,66)(H,54,67)/t41?,45?,46?,47-/m1/s1. The highest BCUT2D eigenvalue weighted by atomic mass is 32.1. The van der Waals surface area contributed by atoms with Crippen LogP contribution in [0.15, 0.2) is 25.3 Å². The zero-order chi connectivity index (χ0) is 52.7. The second kappa shape index (κ2) is 48.2. The van der Waals surface area contributed by atoms with Gasteiger partial charge in [-0.2, -0.15) is 12.6 Å². The Kier molecular flexibility index (Phi) is 46.4. The van der Waals surface area contributed by atoms with Gasteiger partial charge in [-0.05, 0) is 58.0 Å². The summed E-state index contributed by atoms with van der Waals surface area (Å²) in [6, 6.07) is 0. The van der Waals surface area contributed by atoms with Crippen molar-refractivity contribution >= 4 is 36.6 Å². The number of hydrogen-bond acceptors (Lipinski definition) is 21. The minimum Gasteiger partial charge on any atom is -0.379 e. The van der Waals surface area contributed by atoms with E-state index in [2.05, 4.69) is 82.6 Å². The molecule has 0 aromatic rings. The van der Waals surface area contributed by atoms with Crippen LogP contribution in [-0.4, -0.2) is 250 Å². The molecular weight excluding hydrogens is 935 g/mol. The second-order valence-corrected chi connectivity index (χ2v) is 17.8. The first-order valence-electron chi connectivity index (χ1n) is 25.8. The summed E-state index contributed by atoms with van der Waals surface area (Å²) in [6.45, 7) is 19.8. The maximum Gasteiger partial charge on any atom is 0.221 e. The highest BCUT2D eigenvalue weighted by Crippen LogP contribution is 2.04. The molecule has 23 nitrogen and oxygen atoms in total. The molecule has 3 amide bonds. The van der Waals surface area contributed by atoms with Gasteiger partial charge in [-0.1, -0.05) is 12.2 Å². The Bertz CT molecular complexity index is 1320. The van der Waals surface area contributed by atoms with Crippen molar-refractivity contribution in [1.82, 2.24) is 61.7 Å². The van der Waals surface area contributed by atoms with Gasteiger partial charge in [0.2, 0.25) is 17.7 Å². The van der Waals surface area contributed by atoms with Gasteiger partial charge >= 0.3 is 0 Å². The van der Waals surface area contributed by atoms with Crippen LogP contribution in [-0.2, 0) is 19.2 Å². The number of carbonyl (C=O) groups is 4. The highest BCUT2D eigenvalue weighted by Gasteiger charge is 2.17. The van der Waals surface area contributed by atoms with E-state index < -0.39 is 24.9 Å². The molecule has 0 spiro atoms. The van der Waals surface area contributed by atoms with Gasteiger partial charge in [0.15, 0.2) is 0 Å². The van der Waals surface area contributed by atoms with Gasteiger partial charge in [0, 0.05) is 162 Å². The molecule has 4 atom stereocenters. The van der Waals surface area contributed by atoms with Crippen molar-refractivity contribution in [3.8, 4) is 0 Å². The van der Waals surface area contributed by atoms with Crippen LogP contribution in [0.1, 0.15) is 70.6 Å². The lowest BCUT2D eigenvalue weighted by atomic mass is 10.2. The third kappa shape index (κ3) is 42.3. The number of aliphatic hydroxyl groups excluding tert-OH is 4. The molecule has 0 aliphatic carbocycles. The molecule has 24 heteroatoms. The summed E-state index contributed by atoms with van der Waals surface area (Å²) in [5.41, 5.74) is 16.4. The van der Waals surface area contributed by atoms with Gasteiger partial charge in [0.05, 0.1) is 6.67 Å². The molecule has 0 radical (unpaired) electrons. The summed E-state index contributed by atoms with van der Waals surface area (Å²) >= 11 is 4.49. The quantitative estimate of drug-likeness (QED) is 0.00909. The smallest absolute Gasteiger partial charge is 0.221 e. The molecule has 0 aromatic carbocycles. The Morgan fingerprint density at radius 2 is 0.831 bits per heavy atom. The molecule has 0 aliphatic heterocycles. The number of amides is 3. The molecule has 416 valence electrons. The first-order valence-corrected chi connectivity index (χ1v) is 26.4. The van der Waals surface area contributed by atoms with Crippen LogP contribution in [0.4, 0.5) is 0 Å². The molecule has 0 heterocycles. The van der Waals surface area contributed by atoms with Crippen LogP contribution in [0.2, 0.25) is 0 Å². The van der Waals surface area contributed by atoms with Crippen molar-refractivity contribution in [1.29, 1.82) is 0 Å². The van der Waals surface area contributed by atoms with Crippen molar-refractivity contribution in [3.63, 3.8) is 0 Å². The fourth-order valence-corrected chi connectivity index (χ4v) is 7.49. The number of nitrogens with two attached hydrogens (primary N) is 3. The van der Waals surface area contributed by atoms with Crippen molar-refractivity contribution < 1.29 is 39.6 Å². The normalized spacial score (nSPS) is 13.5. The number of hydrogen-bond donors (Lipinski definition) is 15. The number of nitrogens with zero attached hydrogens (tertiary/aromatic N) is 5. The summed E-state index contributed by atoms with van der Waals surface area (Å²) in [5, 5.41) is 63.9. The van der Waals surface area contributed by atoms with Crippen LogP contribution < -0.4 is 54.4 Å². The Morgan fingerprint density at radius 3 is 1.23 bits per heavy atom. The number of carbonyl (C=O) groups excluding carboxylic acids is 4. The zero-order valence-corrected chi connectivity index (χ0v) is 43.9. The first kappa shape index (κ1) is 68.3. The summed E-state index contributed by atoms with van der Waals surface area (Å²) in [7, 11) is 0. The minimum atomic E-state index is -0.824. The molecule has 0 saturated carbocycles. The number of rotatable bonds is 53. The molecule has 0 aliphatic rings. The maximum atomic E-state index is 12.2. The number of aldehydes is 1. The molecule has 3 unspecified atom stereocenters. The van der Waals surface area contributed by atoms with E-state index in [1.54, 1.807) is 0 Å². The van der Waals surface area contributed by atoms with Gasteiger partial charge in [0.25, 0.3) is 0 Å². The van der Waals surface area contributed by atoms with E-state index >= 15 is 0 Å². The van der Waals surface area contributed by atoms with Gasteiger partial charge in [0.1, 0.15) is 31.2 Å². The van der Waals surface area contributed by atoms with E-state index in [1.165, 1.54) is 0 Å². The summed E-state index contributed by atoms with van der Waals surface area (Å²) < 4.78 is 0. The minimum absolute atomic E-state index is 0.0653. The van der Waals surface area contributed by atoms with E-state index in [0.717, 1.165) is 38.6 Å². The summed E-state index contributed by atoms with van der Waals surface area (Å²) in [5.74, 6) is 0.136. The van der Waals surface area contributed by atoms with Crippen LogP contribution in [0.25, 0.3) is 0 Å².